The monoisotopic (exact) mass is 357 g/mol. The van der Waals surface area contributed by atoms with Crippen LogP contribution < -0.4 is 10.1 Å². The molecule has 0 saturated carbocycles. The molecule has 1 fully saturated rings. The number of ether oxygens (including phenoxy) is 1. The van der Waals surface area contributed by atoms with Gasteiger partial charge in [0, 0.05) is 42.8 Å². The second-order valence-corrected chi connectivity index (χ2v) is 8.00. The van der Waals surface area contributed by atoms with E-state index >= 15 is 0 Å². The van der Waals surface area contributed by atoms with E-state index in [-0.39, 0.29) is 11.9 Å². The number of likely N-dealkylation sites (tertiary alicyclic amines) is 1. The Labute approximate surface area is 156 Å². The number of hydrogen-bond acceptors (Lipinski definition) is 3. The van der Waals surface area contributed by atoms with Crippen LogP contribution in [0.15, 0.2) is 30.5 Å². The second kappa shape index (κ2) is 8.12. The van der Waals surface area contributed by atoms with Gasteiger partial charge in [-0.15, -0.1) is 0 Å². The zero-order valence-electron chi connectivity index (χ0n) is 16.4. The van der Waals surface area contributed by atoms with Crippen LogP contribution >= 0.6 is 0 Å². The smallest absolute Gasteiger partial charge is 0.240 e. The van der Waals surface area contributed by atoms with Crippen LogP contribution in [0.4, 0.5) is 0 Å². The molecule has 5 nitrogen and oxygen atoms in total. The number of fused-ring (bicyclic) bond motifs is 1. The van der Waals surface area contributed by atoms with E-state index in [1.807, 2.05) is 35.0 Å². The first-order chi connectivity index (χ1) is 12.4. The highest BCUT2D eigenvalue weighted by Crippen LogP contribution is 2.22. The van der Waals surface area contributed by atoms with Crippen LogP contribution in [0.1, 0.15) is 27.2 Å². The zero-order valence-corrected chi connectivity index (χ0v) is 16.4. The molecule has 3 atom stereocenters. The van der Waals surface area contributed by atoms with Gasteiger partial charge in [0.25, 0.3) is 0 Å². The lowest BCUT2D eigenvalue weighted by atomic mass is 9.92. The average molecular weight is 357 g/mol. The average Bonchev–Trinajstić information content (AvgIpc) is 2.95. The Morgan fingerprint density at radius 1 is 1.27 bits per heavy atom. The predicted molar refractivity (Wildman–Crippen MR) is 105 cm³/mol. The number of rotatable bonds is 6. The Morgan fingerprint density at radius 2 is 2.00 bits per heavy atom. The van der Waals surface area contributed by atoms with Crippen molar-refractivity contribution in [1.82, 2.24) is 14.8 Å². The highest BCUT2D eigenvalue weighted by Gasteiger charge is 2.23. The maximum Gasteiger partial charge on any atom is 0.240 e. The van der Waals surface area contributed by atoms with Crippen LogP contribution in [0.5, 0.6) is 5.75 Å². The van der Waals surface area contributed by atoms with E-state index in [4.69, 9.17) is 4.74 Å². The van der Waals surface area contributed by atoms with Crippen molar-refractivity contribution in [1.29, 1.82) is 0 Å². The van der Waals surface area contributed by atoms with Crippen LogP contribution in [0.25, 0.3) is 10.9 Å². The van der Waals surface area contributed by atoms with Crippen LogP contribution in [-0.2, 0) is 11.3 Å². The van der Waals surface area contributed by atoms with Gasteiger partial charge in [0.15, 0.2) is 0 Å². The fourth-order valence-electron chi connectivity index (χ4n) is 4.29. The summed E-state index contributed by atoms with van der Waals surface area (Å²) in [6.07, 6.45) is 3.27. The largest absolute Gasteiger partial charge is 0.497 e. The molecule has 1 aromatic heterocycles. The molecule has 2 aromatic rings. The third-order valence-corrected chi connectivity index (χ3v) is 5.18. The molecule has 1 N–H and O–H groups in total. The molecule has 0 bridgehead atoms. The summed E-state index contributed by atoms with van der Waals surface area (Å²) in [5.41, 5.74) is 1.05. The number of amides is 1. The molecular weight excluding hydrogens is 326 g/mol. The SMILES string of the molecule is COc1ccc2c(ccn2CC(=O)NC(C)CN2CC(C)CC(C)C2)c1. The Bertz CT molecular complexity index is 745. The normalized spacial score (nSPS) is 22.3. The van der Waals surface area contributed by atoms with Crippen LogP contribution in [0.2, 0.25) is 0 Å². The Morgan fingerprint density at radius 3 is 2.69 bits per heavy atom. The molecule has 1 amide bonds. The number of carbonyl (C=O) groups is 1. The minimum absolute atomic E-state index is 0.0592. The van der Waals surface area contributed by atoms with Crippen molar-refractivity contribution in [2.45, 2.75) is 39.8 Å². The minimum atomic E-state index is 0.0592. The maximum atomic E-state index is 12.5. The molecule has 1 aliphatic rings. The lowest BCUT2D eigenvalue weighted by molar-refractivity contribution is -0.122. The molecule has 5 heteroatoms. The summed E-state index contributed by atoms with van der Waals surface area (Å²) in [5, 5.41) is 4.24. The van der Waals surface area contributed by atoms with E-state index in [2.05, 4.69) is 31.0 Å². The quantitative estimate of drug-likeness (QED) is 0.864. The lowest BCUT2D eigenvalue weighted by Crippen LogP contribution is -2.47. The Hall–Kier alpha value is -2.01. The summed E-state index contributed by atoms with van der Waals surface area (Å²) in [5.74, 6) is 2.37. The molecule has 3 rings (SSSR count). The van der Waals surface area contributed by atoms with E-state index in [0.717, 1.165) is 48.1 Å². The minimum Gasteiger partial charge on any atom is -0.497 e. The van der Waals surface area contributed by atoms with Crippen molar-refractivity contribution in [2.24, 2.45) is 11.8 Å². The first-order valence-corrected chi connectivity index (χ1v) is 9.59. The van der Waals surface area contributed by atoms with Gasteiger partial charge in [-0.1, -0.05) is 13.8 Å². The van der Waals surface area contributed by atoms with Crippen molar-refractivity contribution in [3.8, 4) is 5.75 Å². The van der Waals surface area contributed by atoms with Crippen LogP contribution in [0.3, 0.4) is 0 Å². The van der Waals surface area contributed by atoms with Gasteiger partial charge in [0.2, 0.25) is 5.91 Å². The summed E-state index contributed by atoms with van der Waals surface area (Å²) >= 11 is 0. The fourth-order valence-corrected chi connectivity index (χ4v) is 4.29. The maximum absolute atomic E-state index is 12.5. The van der Waals surface area contributed by atoms with Gasteiger partial charge in [0.1, 0.15) is 12.3 Å². The Kier molecular flexibility index (Phi) is 5.87. The van der Waals surface area contributed by atoms with Crippen LogP contribution in [-0.4, -0.2) is 48.2 Å². The van der Waals surface area contributed by atoms with Crippen molar-refractivity contribution in [3.63, 3.8) is 0 Å². The molecule has 142 valence electrons. The topological polar surface area (TPSA) is 46.5 Å². The summed E-state index contributed by atoms with van der Waals surface area (Å²) in [6, 6.07) is 8.09. The molecule has 0 aliphatic carbocycles. The molecule has 26 heavy (non-hydrogen) atoms. The molecule has 1 saturated heterocycles. The van der Waals surface area contributed by atoms with E-state index in [9.17, 15) is 4.79 Å². The van der Waals surface area contributed by atoms with E-state index in [0.29, 0.717) is 6.54 Å². The summed E-state index contributed by atoms with van der Waals surface area (Å²) < 4.78 is 7.25. The summed E-state index contributed by atoms with van der Waals surface area (Å²) in [4.78, 5) is 15.0. The first-order valence-electron chi connectivity index (χ1n) is 9.59. The number of piperidine rings is 1. The van der Waals surface area contributed by atoms with Gasteiger partial charge in [0.05, 0.1) is 7.11 Å². The fraction of sp³-hybridized carbons (Fsp3) is 0.571. The molecule has 0 spiro atoms. The standard InChI is InChI=1S/C21H31N3O2/c1-15-9-16(2)12-23(11-15)13-17(3)22-21(25)14-24-8-7-18-10-19(26-4)5-6-20(18)24/h5-8,10,15-17H,9,11-14H2,1-4H3,(H,22,25). The number of carbonyl (C=O) groups excluding carboxylic acids is 1. The number of nitrogens with zero attached hydrogens (tertiary/aromatic N) is 2. The summed E-state index contributed by atoms with van der Waals surface area (Å²) in [6.45, 7) is 10.3. The zero-order chi connectivity index (χ0) is 18.7. The number of hydrogen-bond donors (Lipinski definition) is 1. The number of aromatic nitrogens is 1. The van der Waals surface area contributed by atoms with Gasteiger partial charge in [-0.3, -0.25) is 4.79 Å². The van der Waals surface area contributed by atoms with Gasteiger partial charge in [-0.25, -0.2) is 0 Å². The van der Waals surface area contributed by atoms with Crippen molar-refractivity contribution in [2.75, 3.05) is 26.7 Å². The number of nitrogens with one attached hydrogen (secondary N) is 1. The van der Waals surface area contributed by atoms with E-state index in [1.165, 1.54) is 6.42 Å². The molecule has 0 radical (unpaired) electrons. The predicted octanol–water partition coefficient (Wildman–Crippen LogP) is 3.13. The molecule has 1 aliphatic heterocycles. The molecule has 2 heterocycles. The summed E-state index contributed by atoms with van der Waals surface area (Å²) in [7, 11) is 1.66. The number of benzene rings is 1. The Balaban J connectivity index is 1.55. The van der Waals surface area contributed by atoms with Gasteiger partial charge < -0.3 is 19.5 Å². The van der Waals surface area contributed by atoms with E-state index in [1.54, 1.807) is 7.11 Å². The van der Waals surface area contributed by atoms with Gasteiger partial charge >= 0.3 is 0 Å². The molecule has 1 aromatic carbocycles. The van der Waals surface area contributed by atoms with Crippen LogP contribution in [0, 0.1) is 11.8 Å². The third kappa shape index (κ3) is 4.58. The second-order valence-electron chi connectivity index (χ2n) is 8.00. The van der Waals surface area contributed by atoms with Crippen molar-refractivity contribution >= 4 is 16.8 Å². The van der Waals surface area contributed by atoms with Crippen molar-refractivity contribution < 1.29 is 9.53 Å². The lowest BCUT2D eigenvalue weighted by Gasteiger charge is -2.36. The molecular formula is C21H31N3O2. The van der Waals surface area contributed by atoms with Gasteiger partial charge in [-0.05, 0) is 49.4 Å². The molecule has 3 unspecified atom stereocenters. The number of methoxy groups -OCH3 is 1. The van der Waals surface area contributed by atoms with Gasteiger partial charge in [-0.2, -0.15) is 0 Å². The highest BCUT2D eigenvalue weighted by atomic mass is 16.5. The van der Waals surface area contributed by atoms with Crippen molar-refractivity contribution in [3.05, 3.63) is 30.5 Å². The third-order valence-electron chi connectivity index (χ3n) is 5.18. The van der Waals surface area contributed by atoms with E-state index < -0.39 is 0 Å². The highest BCUT2D eigenvalue weighted by molar-refractivity contribution is 5.84. The first kappa shape index (κ1) is 18.8.